The largest absolute Gasteiger partial charge is 0.507 e. The molecule has 0 unspecified atom stereocenters. The minimum Gasteiger partial charge on any atom is -0.299 e. The molecule has 12 aromatic carbocycles. The Morgan fingerprint density at radius 2 is 0.159 bits per heavy atom. The molecular formula is C72H72F18O18P6S12. The Morgan fingerprint density at radius 1 is 0.127 bits per heavy atom. The molecule has 126 heavy (non-hydrogen) atoms. The van der Waals surface area contributed by atoms with Gasteiger partial charge in [0, 0.05) is 58.7 Å². The maximum atomic E-state index is 12.1. The van der Waals surface area contributed by atoms with E-state index in [4.69, 9.17) is 86.1 Å². The summed E-state index contributed by atoms with van der Waals surface area (Å²) in [4.78, 5) is 93.0. The molecule has 0 heterocycles. The zero-order valence-electron chi connectivity index (χ0n) is 62.4. The van der Waals surface area contributed by atoms with Gasteiger partial charge in [0.25, 0.3) is 0 Å². The maximum absolute atomic E-state index is 12.1. The van der Waals surface area contributed by atoms with E-state index in [0.717, 1.165) is 58.7 Å². The van der Waals surface area contributed by atoms with Crippen molar-refractivity contribution in [2.75, 3.05) is 0 Å². The Bertz CT molecular complexity index is 3710. The summed E-state index contributed by atoms with van der Waals surface area (Å²) >= 11 is 47.6. The summed E-state index contributed by atoms with van der Waals surface area (Å²) in [5, 5.41) is 0. The lowest BCUT2D eigenvalue weighted by atomic mass is 10.4. The molecule has 18 nitrogen and oxygen atoms in total. The van der Waals surface area contributed by atoms with Crippen LogP contribution in [0.15, 0.2) is 350 Å². The van der Waals surface area contributed by atoms with Gasteiger partial charge in [0.1, 0.15) is 69.8 Å². The average Bonchev–Trinajstić information content (AvgIpc) is 1.01. The quantitative estimate of drug-likeness (QED) is 0.0381. The summed E-state index contributed by atoms with van der Waals surface area (Å²) < 4.78 is 259. The highest BCUT2D eigenvalue weighted by atomic mass is 32.1. The molecule has 0 saturated carbocycles. The van der Waals surface area contributed by atoms with Crippen molar-refractivity contribution >= 4 is 199 Å². The predicted molar refractivity (Wildman–Crippen MR) is 483 cm³/mol. The van der Waals surface area contributed by atoms with E-state index in [2.05, 4.69) is 152 Å². The van der Waals surface area contributed by atoms with Gasteiger partial charge in [-0.25, -0.2) is 80.1 Å². The number of rotatable bonds is 0. The molecule has 696 valence electrons. The number of hydrogen-bond donors (Lipinski definition) is 24. The third-order valence-electron chi connectivity index (χ3n) is 9.92. The molecule has 0 fully saturated rings. The maximum Gasteiger partial charge on any atom is 0.507 e. The van der Waals surface area contributed by atoms with Gasteiger partial charge in [-0.1, -0.05) is 0 Å². The summed E-state index contributed by atoms with van der Waals surface area (Å²) in [6.45, 7) is 0. The standard InChI is InChI=1S/12C6H5FS.6FH2O3P/c12*7-5-1-3-6(8)4-2-5;6*1-5(2,3)4/h12*1-4,8H;6*(H2,2,3,4). The second kappa shape index (κ2) is 74.1. The van der Waals surface area contributed by atoms with E-state index in [9.17, 15) is 77.9 Å². The van der Waals surface area contributed by atoms with Gasteiger partial charge in [-0.2, -0.15) is 0 Å². The van der Waals surface area contributed by atoms with E-state index in [1.54, 1.807) is 146 Å². The smallest absolute Gasteiger partial charge is 0.299 e. The summed E-state index contributed by atoms with van der Waals surface area (Å²) in [6, 6.07) is 71.7. The van der Waals surface area contributed by atoms with Crippen molar-refractivity contribution in [3.63, 3.8) is 0 Å². The van der Waals surface area contributed by atoms with Crippen molar-refractivity contribution in [1.82, 2.24) is 0 Å². The monoisotopic (exact) mass is 2140 g/mol. The number of thiol groups is 12. The summed E-state index contributed by atoms with van der Waals surface area (Å²) in [7, 11) is -30.8. The SMILES string of the molecule is Fc1ccc(S)cc1.Fc1ccc(S)cc1.Fc1ccc(S)cc1.Fc1ccc(S)cc1.Fc1ccc(S)cc1.Fc1ccc(S)cc1.Fc1ccc(S)cc1.Fc1ccc(S)cc1.Fc1ccc(S)cc1.Fc1ccc(S)cc1.Fc1ccc(S)cc1.Fc1ccc(S)cc1.O=P(O)(O)F.O=P(O)(O)F.O=P(O)(O)F.O=P(O)(O)F.O=P(O)(O)F.O=P(O)(O)F. The van der Waals surface area contributed by atoms with Crippen molar-refractivity contribution in [2.24, 2.45) is 0 Å². The van der Waals surface area contributed by atoms with Crippen molar-refractivity contribution in [3.05, 3.63) is 361 Å². The molecule has 12 rings (SSSR count). The molecule has 0 amide bonds. The Hall–Kier alpha value is -5.52. The normalized spacial score (nSPS) is 9.86. The molecule has 12 N–H and O–H groups in total. The Labute approximate surface area is 776 Å². The van der Waals surface area contributed by atoms with Gasteiger partial charge in [-0.05, 0) is 291 Å². The van der Waals surface area contributed by atoms with Crippen LogP contribution >= 0.6 is 199 Å². The van der Waals surface area contributed by atoms with Gasteiger partial charge in [0.2, 0.25) is 0 Å². The first-order valence-electron chi connectivity index (χ1n) is 31.3. The molecule has 0 radical (unpaired) electrons. The fraction of sp³-hybridized carbons (Fsp3) is 0. The van der Waals surface area contributed by atoms with Crippen LogP contribution in [0, 0.1) is 69.8 Å². The molecule has 54 heteroatoms. The highest BCUT2D eigenvalue weighted by molar-refractivity contribution is 7.82. The summed E-state index contributed by atoms with van der Waals surface area (Å²) in [5.74, 6) is -2.64. The van der Waals surface area contributed by atoms with E-state index >= 15 is 0 Å². The molecule has 0 atom stereocenters. The summed E-state index contributed by atoms with van der Waals surface area (Å²) in [6.07, 6.45) is 0. The minimum absolute atomic E-state index is 0.220. The Balaban J connectivity index is -0.000000304. The van der Waals surface area contributed by atoms with Gasteiger partial charge >= 0.3 is 47.4 Å². The minimum atomic E-state index is -5.14. The van der Waals surface area contributed by atoms with Gasteiger partial charge in [0.05, 0.1) is 0 Å². The summed E-state index contributed by atoms with van der Waals surface area (Å²) in [5.41, 5.74) is 0. The van der Waals surface area contributed by atoms with Crippen LogP contribution in [0.25, 0.3) is 0 Å². The highest BCUT2D eigenvalue weighted by Crippen LogP contribution is 2.37. The second-order valence-corrected chi connectivity index (χ2v) is 32.4. The fourth-order valence-electron chi connectivity index (χ4n) is 5.29. The lowest BCUT2D eigenvalue weighted by Crippen LogP contribution is -1.68. The predicted octanol–water partition coefficient (Wildman–Crippen LogP) is 25.7. The first-order valence-corrected chi connectivity index (χ1v) is 45.7. The van der Waals surface area contributed by atoms with Crippen molar-refractivity contribution < 1.29 is 164 Å². The van der Waals surface area contributed by atoms with E-state index in [0.29, 0.717) is 0 Å². The molecule has 12 aromatic rings. The van der Waals surface area contributed by atoms with Crippen LogP contribution in [0.3, 0.4) is 0 Å². The zero-order valence-corrected chi connectivity index (χ0v) is 78.5. The molecule has 0 spiro atoms. The van der Waals surface area contributed by atoms with E-state index < -0.39 is 47.4 Å². The lowest BCUT2D eigenvalue weighted by Gasteiger charge is -1.86. The van der Waals surface area contributed by atoms with Crippen LogP contribution in [0.2, 0.25) is 0 Å². The third kappa shape index (κ3) is 125. The Morgan fingerprint density at radius 3 is 0.183 bits per heavy atom. The van der Waals surface area contributed by atoms with Crippen LogP contribution in [0.5, 0.6) is 0 Å². The second-order valence-electron chi connectivity index (χ2n) is 20.6. The molecule has 0 aliphatic heterocycles. The highest BCUT2D eigenvalue weighted by Gasteiger charge is 2.08. The van der Waals surface area contributed by atoms with E-state index in [-0.39, 0.29) is 69.8 Å². The molecular weight excluding hydrogens is 2070 g/mol. The zero-order chi connectivity index (χ0) is 98.8. The van der Waals surface area contributed by atoms with Crippen LogP contribution in [-0.2, 0) is 27.4 Å². The van der Waals surface area contributed by atoms with Crippen molar-refractivity contribution in [2.45, 2.75) is 58.7 Å². The first-order chi connectivity index (χ1) is 57.5. The van der Waals surface area contributed by atoms with Crippen LogP contribution in [0.4, 0.5) is 77.9 Å². The van der Waals surface area contributed by atoms with Gasteiger partial charge in [-0.3, -0.25) is 58.7 Å². The van der Waals surface area contributed by atoms with Crippen LogP contribution < -0.4 is 0 Å². The number of benzene rings is 12. The number of hydrogen-bond acceptors (Lipinski definition) is 18. The van der Waals surface area contributed by atoms with Gasteiger partial charge in [0.15, 0.2) is 0 Å². The molecule has 0 aromatic heterocycles. The fourth-order valence-corrected chi connectivity index (χ4v) is 7.08. The van der Waals surface area contributed by atoms with Crippen LogP contribution in [-0.4, -0.2) is 58.7 Å². The third-order valence-corrected chi connectivity index (χ3v) is 13.5. The lowest BCUT2D eigenvalue weighted by molar-refractivity contribution is 0.320. The van der Waals surface area contributed by atoms with Gasteiger partial charge in [-0.15, -0.1) is 177 Å². The van der Waals surface area contributed by atoms with Crippen LogP contribution in [0.1, 0.15) is 0 Å². The van der Waals surface area contributed by atoms with Crippen molar-refractivity contribution in [3.8, 4) is 0 Å². The topological polar surface area (TPSA) is 345 Å². The Kier molecular flexibility index (Phi) is 77.1. The van der Waals surface area contributed by atoms with Gasteiger partial charge < -0.3 is 0 Å². The molecule has 0 aliphatic carbocycles. The average molecular weight is 2140 g/mol. The number of halogens is 18. The van der Waals surface area contributed by atoms with E-state index in [1.807, 2.05) is 0 Å². The molecule has 0 aliphatic rings. The molecule has 0 saturated heterocycles. The molecule has 0 bridgehead atoms. The first kappa shape index (κ1) is 131. The van der Waals surface area contributed by atoms with E-state index in [1.165, 1.54) is 146 Å². The van der Waals surface area contributed by atoms with Crippen molar-refractivity contribution in [1.29, 1.82) is 0 Å².